The van der Waals surface area contributed by atoms with Crippen LogP contribution in [0.2, 0.25) is 0 Å². The molecule has 2 heterocycles. The number of carbonyl (C=O) groups excluding carboxylic acids is 3. The van der Waals surface area contributed by atoms with Gasteiger partial charge in [-0.1, -0.05) is 18.2 Å². The molecule has 0 fully saturated rings. The summed E-state index contributed by atoms with van der Waals surface area (Å²) >= 11 is 0. The number of nitrogens with two attached hydrogens (primary N) is 5. The number of hydrogen-bond acceptors (Lipinski definition) is 8. The minimum atomic E-state index is -1.28. The van der Waals surface area contributed by atoms with E-state index >= 15 is 0 Å². The molecule has 47 heavy (non-hydrogen) atoms. The first-order valence-corrected chi connectivity index (χ1v) is 15.0. The van der Waals surface area contributed by atoms with Gasteiger partial charge >= 0.3 is 5.97 Å². The average Bonchev–Trinajstić information content (AvgIpc) is 3.69. The number of para-hydroxylation sites is 1. The number of nitrogens with one attached hydrogen (secondary N) is 5. The number of aromatic nitrogens is 3. The van der Waals surface area contributed by atoms with Gasteiger partial charge < -0.3 is 59.7 Å². The lowest BCUT2D eigenvalue weighted by Crippen LogP contribution is -2.57. The van der Waals surface area contributed by atoms with Crippen LogP contribution in [0.25, 0.3) is 10.9 Å². The highest BCUT2D eigenvalue weighted by Crippen LogP contribution is 2.19. The Morgan fingerprint density at radius 1 is 0.809 bits per heavy atom. The highest BCUT2D eigenvalue weighted by molar-refractivity contribution is 5.95. The summed E-state index contributed by atoms with van der Waals surface area (Å²) in [5, 5.41) is 18.5. The molecule has 0 saturated heterocycles. The molecule has 18 heteroatoms. The third-order valence-electron chi connectivity index (χ3n) is 7.20. The zero-order valence-electron chi connectivity index (χ0n) is 25.8. The Bertz CT molecular complexity index is 1540. The van der Waals surface area contributed by atoms with Crippen LogP contribution in [-0.2, 0) is 32.0 Å². The van der Waals surface area contributed by atoms with Crippen LogP contribution in [0.4, 0.5) is 0 Å². The van der Waals surface area contributed by atoms with E-state index in [0.29, 0.717) is 5.69 Å². The first-order chi connectivity index (χ1) is 22.4. The van der Waals surface area contributed by atoms with Crippen molar-refractivity contribution in [3.8, 4) is 0 Å². The number of fused-ring (bicyclic) bond motifs is 1. The van der Waals surface area contributed by atoms with Crippen LogP contribution in [0, 0.1) is 0 Å². The maximum absolute atomic E-state index is 13.8. The largest absolute Gasteiger partial charge is 0.480 e. The molecular weight excluding hydrogens is 610 g/mol. The Kier molecular flexibility index (Phi) is 13.5. The van der Waals surface area contributed by atoms with Gasteiger partial charge in [-0.3, -0.25) is 24.4 Å². The first kappa shape index (κ1) is 35.8. The Morgan fingerprint density at radius 3 is 2.02 bits per heavy atom. The van der Waals surface area contributed by atoms with Gasteiger partial charge in [0.15, 0.2) is 11.9 Å². The van der Waals surface area contributed by atoms with Crippen LogP contribution in [-0.4, -0.2) is 92.9 Å². The fraction of sp³-hybridized carbons (Fsp3) is 0.414. The summed E-state index contributed by atoms with van der Waals surface area (Å²) in [6.45, 7) is 0.319. The summed E-state index contributed by atoms with van der Waals surface area (Å²) in [6.07, 6.45) is 5.57. The predicted molar refractivity (Wildman–Crippen MR) is 176 cm³/mol. The Morgan fingerprint density at radius 2 is 1.40 bits per heavy atom. The molecule has 0 saturated carbocycles. The normalized spacial score (nSPS) is 13.5. The number of carboxylic acids is 1. The summed E-state index contributed by atoms with van der Waals surface area (Å²) < 4.78 is 0. The highest BCUT2D eigenvalue weighted by Gasteiger charge is 2.31. The van der Waals surface area contributed by atoms with E-state index < -0.39 is 47.9 Å². The summed E-state index contributed by atoms with van der Waals surface area (Å²) in [5.74, 6) is -3.58. The Balaban J connectivity index is 1.82. The van der Waals surface area contributed by atoms with Gasteiger partial charge in [0.05, 0.1) is 12.4 Å². The van der Waals surface area contributed by atoms with E-state index in [1.807, 2.05) is 24.3 Å². The molecule has 2 aromatic heterocycles. The predicted octanol–water partition coefficient (Wildman–Crippen LogP) is -2.35. The van der Waals surface area contributed by atoms with E-state index in [1.165, 1.54) is 6.33 Å². The Hall–Kier alpha value is -5.65. The minimum Gasteiger partial charge on any atom is -0.480 e. The van der Waals surface area contributed by atoms with Gasteiger partial charge in [-0.2, -0.15) is 0 Å². The van der Waals surface area contributed by atoms with Crippen LogP contribution in [0.3, 0.4) is 0 Å². The standard InChI is InChI=1S/C29H43N13O5/c30-19(12-17-14-35-15-39-17)24(43)42-23(11-16-13-38-20-6-2-1-5-18(16)20)26(45)40-21(7-3-9-36-28(31)32)25(44)41-22(27(46)47)8-4-10-37-29(33)34/h1-2,5-6,13-15,19,21-23,38H,3-4,7-12,30H2,(H,35,39)(H,40,45)(H,41,44)(H,42,43)(H,46,47)(H4,31,32,36)(H4,33,34,37). The summed E-state index contributed by atoms with van der Waals surface area (Å²) in [5.41, 5.74) is 29.8. The van der Waals surface area contributed by atoms with E-state index in [-0.39, 0.29) is 63.5 Å². The number of rotatable bonds is 19. The number of carbonyl (C=O) groups is 4. The van der Waals surface area contributed by atoms with Crippen LogP contribution in [0.1, 0.15) is 36.9 Å². The molecule has 254 valence electrons. The molecule has 3 rings (SSSR count). The third-order valence-corrected chi connectivity index (χ3v) is 7.20. The molecule has 4 unspecified atom stereocenters. The molecule has 1 aromatic carbocycles. The topological polar surface area (TPSA) is 324 Å². The SMILES string of the molecule is NC(N)=NCCCC(NC(=O)C(CCCN=C(N)N)NC(=O)C(Cc1c[nH]c2ccccc12)NC(=O)C(N)Cc1cnc[nH]1)C(=O)O. The highest BCUT2D eigenvalue weighted by atomic mass is 16.4. The molecule has 3 amide bonds. The van der Waals surface area contributed by atoms with Crippen molar-refractivity contribution in [3.63, 3.8) is 0 Å². The molecule has 0 aliphatic carbocycles. The number of carboxylic acid groups (broad SMARTS) is 1. The van der Waals surface area contributed by atoms with Gasteiger partial charge in [0.25, 0.3) is 0 Å². The quantitative estimate of drug-likeness (QED) is 0.0369. The first-order valence-electron chi connectivity index (χ1n) is 15.0. The van der Waals surface area contributed by atoms with Crippen molar-refractivity contribution in [1.29, 1.82) is 0 Å². The van der Waals surface area contributed by atoms with Crippen LogP contribution in [0.5, 0.6) is 0 Å². The number of hydrogen-bond donors (Lipinski definition) is 11. The van der Waals surface area contributed by atoms with Gasteiger partial charge in [0.1, 0.15) is 18.1 Å². The van der Waals surface area contributed by atoms with Crippen molar-refractivity contribution in [2.45, 2.75) is 62.7 Å². The minimum absolute atomic E-state index is 0.0278. The van der Waals surface area contributed by atoms with Crippen LogP contribution < -0.4 is 44.6 Å². The zero-order valence-corrected chi connectivity index (χ0v) is 25.8. The number of nitrogens with zero attached hydrogens (tertiary/aromatic N) is 3. The van der Waals surface area contributed by atoms with Gasteiger partial charge in [-0.15, -0.1) is 0 Å². The molecule has 4 atom stereocenters. The van der Waals surface area contributed by atoms with Gasteiger partial charge in [0, 0.05) is 54.9 Å². The Labute approximate surface area is 270 Å². The van der Waals surface area contributed by atoms with Crippen molar-refractivity contribution in [3.05, 3.63) is 54.2 Å². The summed E-state index contributed by atoms with van der Waals surface area (Å²) in [4.78, 5) is 70.1. The van der Waals surface area contributed by atoms with E-state index in [0.717, 1.165) is 16.5 Å². The number of benzene rings is 1. The molecule has 0 aliphatic rings. The number of amides is 3. The zero-order chi connectivity index (χ0) is 34.3. The maximum Gasteiger partial charge on any atom is 0.326 e. The number of aromatic amines is 2. The van der Waals surface area contributed by atoms with E-state index in [4.69, 9.17) is 28.7 Å². The van der Waals surface area contributed by atoms with E-state index in [9.17, 15) is 24.3 Å². The molecular formula is C29H43N13O5. The maximum atomic E-state index is 13.8. The molecule has 0 bridgehead atoms. The number of aliphatic imine (C=N–C) groups is 2. The van der Waals surface area contributed by atoms with Crippen molar-refractivity contribution in [1.82, 2.24) is 30.9 Å². The lowest BCUT2D eigenvalue weighted by atomic mass is 10.0. The summed E-state index contributed by atoms with van der Waals surface area (Å²) in [6, 6.07) is 2.81. The van der Waals surface area contributed by atoms with Crippen molar-refractivity contribution in [2.24, 2.45) is 38.7 Å². The fourth-order valence-corrected chi connectivity index (χ4v) is 4.81. The molecule has 0 spiro atoms. The molecule has 18 nitrogen and oxygen atoms in total. The molecule has 0 radical (unpaired) electrons. The van der Waals surface area contributed by atoms with Crippen molar-refractivity contribution in [2.75, 3.05) is 13.1 Å². The lowest BCUT2D eigenvalue weighted by Gasteiger charge is -2.25. The second kappa shape index (κ2) is 17.7. The average molecular weight is 654 g/mol. The van der Waals surface area contributed by atoms with Crippen LogP contribution in [0.15, 0.2) is 53.0 Å². The monoisotopic (exact) mass is 653 g/mol. The van der Waals surface area contributed by atoms with E-state index in [1.54, 1.807) is 12.4 Å². The van der Waals surface area contributed by atoms with Crippen molar-refractivity contribution >= 4 is 46.5 Å². The van der Waals surface area contributed by atoms with Gasteiger partial charge in [-0.25, -0.2) is 9.78 Å². The summed E-state index contributed by atoms with van der Waals surface area (Å²) in [7, 11) is 0. The molecule has 0 aliphatic heterocycles. The van der Waals surface area contributed by atoms with Crippen LogP contribution >= 0.6 is 0 Å². The molecule has 16 N–H and O–H groups in total. The third kappa shape index (κ3) is 11.7. The number of guanidine groups is 2. The second-order valence-corrected chi connectivity index (χ2v) is 10.9. The lowest BCUT2D eigenvalue weighted by molar-refractivity contribution is -0.142. The van der Waals surface area contributed by atoms with Crippen molar-refractivity contribution < 1.29 is 24.3 Å². The van der Waals surface area contributed by atoms with Gasteiger partial charge in [0.2, 0.25) is 17.7 Å². The number of H-pyrrole nitrogens is 2. The second-order valence-electron chi connectivity index (χ2n) is 10.9. The smallest absolute Gasteiger partial charge is 0.326 e. The molecule has 3 aromatic rings. The number of imidazole rings is 1. The fourth-order valence-electron chi connectivity index (χ4n) is 4.81. The number of aliphatic carboxylic acids is 1. The van der Waals surface area contributed by atoms with E-state index in [2.05, 4.69) is 40.9 Å². The van der Waals surface area contributed by atoms with Gasteiger partial charge in [-0.05, 0) is 37.3 Å².